The van der Waals surface area contributed by atoms with E-state index in [-0.39, 0.29) is 5.91 Å². The first-order valence-electron chi connectivity index (χ1n) is 3.98. The largest absolute Gasteiger partial charge is 0.358 e. The molecule has 0 aromatic heterocycles. The van der Waals surface area contributed by atoms with Gasteiger partial charge in [-0.1, -0.05) is 12.1 Å². The van der Waals surface area contributed by atoms with Crippen LogP contribution in [0.3, 0.4) is 0 Å². The van der Waals surface area contributed by atoms with Crippen LogP contribution in [0.5, 0.6) is 0 Å². The van der Waals surface area contributed by atoms with Crippen LogP contribution in [0.2, 0.25) is 0 Å². The number of hydrogen-bond donors (Lipinski definition) is 1. The molecule has 0 saturated heterocycles. The van der Waals surface area contributed by atoms with E-state index in [0.29, 0.717) is 5.75 Å². The van der Waals surface area contributed by atoms with E-state index in [1.54, 1.807) is 7.05 Å². The van der Waals surface area contributed by atoms with Crippen molar-refractivity contribution in [1.82, 2.24) is 5.32 Å². The lowest BCUT2D eigenvalue weighted by molar-refractivity contribution is -0.118. The number of amides is 1. The van der Waals surface area contributed by atoms with Crippen LogP contribution >= 0.6 is 11.8 Å². The van der Waals surface area contributed by atoms with E-state index < -0.39 is 0 Å². The summed E-state index contributed by atoms with van der Waals surface area (Å²) in [5.74, 6) is 0.499. The molecule has 1 radical (unpaired) electrons. The summed E-state index contributed by atoms with van der Waals surface area (Å²) in [5.41, 5.74) is 0.974. The zero-order valence-corrected chi connectivity index (χ0v) is 8.36. The van der Waals surface area contributed by atoms with Crippen LogP contribution in [0.25, 0.3) is 0 Å². The second-order valence-corrected chi connectivity index (χ2v) is 3.66. The fraction of sp³-hybridized carbons (Fsp3) is 0.200. The average Bonchev–Trinajstić information content (AvgIpc) is 2.14. The summed E-state index contributed by atoms with van der Waals surface area (Å²) in [6.07, 6.45) is 0. The molecule has 69 valence electrons. The lowest BCUT2D eigenvalue weighted by Crippen LogP contribution is -2.19. The molecule has 1 rings (SSSR count). The molecule has 1 aromatic carbocycles. The van der Waals surface area contributed by atoms with E-state index >= 15 is 0 Å². The molecule has 1 amide bonds. The fourth-order valence-electron chi connectivity index (χ4n) is 0.856. The van der Waals surface area contributed by atoms with E-state index in [1.807, 2.05) is 24.3 Å². The van der Waals surface area contributed by atoms with Crippen molar-refractivity contribution in [2.45, 2.75) is 4.90 Å². The third kappa shape index (κ3) is 3.51. The third-order valence-electron chi connectivity index (χ3n) is 1.55. The number of carbonyl (C=O) groups is 1. The van der Waals surface area contributed by atoms with Gasteiger partial charge in [0.15, 0.2) is 0 Å². The Bertz CT molecular complexity index is 299. The highest BCUT2D eigenvalue weighted by Crippen LogP contribution is 2.18. The van der Waals surface area contributed by atoms with Gasteiger partial charge in [-0.25, -0.2) is 0 Å². The van der Waals surface area contributed by atoms with Gasteiger partial charge in [-0.05, 0) is 24.6 Å². The van der Waals surface area contributed by atoms with E-state index in [9.17, 15) is 4.79 Å². The minimum Gasteiger partial charge on any atom is -0.358 e. The molecule has 2 nitrogen and oxygen atoms in total. The molecule has 0 fully saturated rings. The number of benzene rings is 1. The Morgan fingerprint density at radius 3 is 3.00 bits per heavy atom. The van der Waals surface area contributed by atoms with Crippen LogP contribution in [0.4, 0.5) is 0 Å². The Morgan fingerprint density at radius 1 is 1.62 bits per heavy atom. The van der Waals surface area contributed by atoms with Gasteiger partial charge in [-0.3, -0.25) is 4.79 Å². The SMILES string of the molecule is [CH2]c1cccc(SCC(=O)NC)c1. The second-order valence-electron chi connectivity index (χ2n) is 2.61. The van der Waals surface area contributed by atoms with Crippen LogP contribution < -0.4 is 5.32 Å². The van der Waals surface area contributed by atoms with Gasteiger partial charge in [-0.15, -0.1) is 11.8 Å². The van der Waals surface area contributed by atoms with E-state index in [0.717, 1.165) is 10.5 Å². The Hall–Kier alpha value is -0.960. The minimum absolute atomic E-state index is 0.0412. The maximum absolute atomic E-state index is 10.9. The summed E-state index contributed by atoms with van der Waals surface area (Å²) >= 11 is 1.52. The highest BCUT2D eigenvalue weighted by Gasteiger charge is 1.99. The predicted octanol–water partition coefficient (Wildman–Crippen LogP) is 1.71. The zero-order chi connectivity index (χ0) is 9.68. The van der Waals surface area contributed by atoms with Crippen molar-refractivity contribution in [3.63, 3.8) is 0 Å². The maximum Gasteiger partial charge on any atom is 0.230 e. The molecule has 0 heterocycles. The zero-order valence-electron chi connectivity index (χ0n) is 7.54. The average molecular weight is 194 g/mol. The first-order chi connectivity index (χ1) is 6.22. The Labute approximate surface area is 82.7 Å². The van der Waals surface area contributed by atoms with Crippen molar-refractivity contribution in [2.75, 3.05) is 12.8 Å². The maximum atomic E-state index is 10.9. The lowest BCUT2D eigenvalue weighted by atomic mass is 10.2. The normalized spacial score (nSPS) is 9.69. The summed E-state index contributed by atoms with van der Waals surface area (Å²) in [6.45, 7) is 3.81. The standard InChI is InChI=1S/C10H12NOS/c1-8-4-3-5-9(6-8)13-7-10(12)11-2/h3-6H,1,7H2,2H3,(H,11,12). The van der Waals surface area contributed by atoms with Gasteiger partial charge in [0.1, 0.15) is 0 Å². The van der Waals surface area contributed by atoms with Crippen molar-refractivity contribution >= 4 is 17.7 Å². The van der Waals surface area contributed by atoms with Gasteiger partial charge in [0, 0.05) is 11.9 Å². The molecule has 3 heteroatoms. The molecule has 0 aliphatic rings. The molecular formula is C10H12NOS. The fourth-order valence-corrected chi connectivity index (χ4v) is 1.71. The van der Waals surface area contributed by atoms with Gasteiger partial charge in [0.2, 0.25) is 5.91 Å². The van der Waals surface area contributed by atoms with E-state index in [4.69, 9.17) is 0 Å². The van der Waals surface area contributed by atoms with Gasteiger partial charge in [0.25, 0.3) is 0 Å². The molecule has 0 bridgehead atoms. The topological polar surface area (TPSA) is 29.1 Å². The van der Waals surface area contributed by atoms with E-state index in [1.165, 1.54) is 11.8 Å². The van der Waals surface area contributed by atoms with Crippen LogP contribution in [-0.2, 0) is 4.79 Å². The summed E-state index contributed by atoms with van der Waals surface area (Å²) in [6, 6.07) is 7.81. The van der Waals surface area contributed by atoms with Crippen molar-refractivity contribution < 1.29 is 4.79 Å². The van der Waals surface area contributed by atoms with Crippen LogP contribution in [0, 0.1) is 6.92 Å². The quantitative estimate of drug-likeness (QED) is 0.742. The Morgan fingerprint density at radius 2 is 2.38 bits per heavy atom. The monoisotopic (exact) mass is 194 g/mol. The van der Waals surface area contributed by atoms with Crippen molar-refractivity contribution in [3.8, 4) is 0 Å². The number of hydrogen-bond acceptors (Lipinski definition) is 2. The van der Waals surface area contributed by atoms with Crippen molar-refractivity contribution in [2.24, 2.45) is 0 Å². The third-order valence-corrected chi connectivity index (χ3v) is 2.54. The van der Waals surface area contributed by atoms with Gasteiger partial charge < -0.3 is 5.32 Å². The first-order valence-corrected chi connectivity index (χ1v) is 4.96. The first kappa shape index (κ1) is 10.1. The highest BCUT2D eigenvalue weighted by molar-refractivity contribution is 8.00. The molecule has 0 atom stereocenters. The Balaban J connectivity index is 2.50. The minimum atomic E-state index is 0.0412. The van der Waals surface area contributed by atoms with Crippen LogP contribution in [0.15, 0.2) is 29.2 Å². The Kier molecular flexibility index (Phi) is 3.83. The number of carbonyl (C=O) groups excluding carboxylic acids is 1. The van der Waals surface area contributed by atoms with Gasteiger partial charge in [0.05, 0.1) is 5.75 Å². The van der Waals surface area contributed by atoms with Gasteiger partial charge >= 0.3 is 0 Å². The molecule has 0 aliphatic carbocycles. The second kappa shape index (κ2) is 4.92. The predicted molar refractivity (Wildman–Crippen MR) is 55.7 cm³/mol. The van der Waals surface area contributed by atoms with E-state index in [2.05, 4.69) is 12.2 Å². The summed E-state index contributed by atoms with van der Waals surface area (Å²) in [4.78, 5) is 12.0. The van der Waals surface area contributed by atoms with Crippen LogP contribution in [0.1, 0.15) is 5.56 Å². The molecule has 0 saturated carbocycles. The molecule has 1 aromatic rings. The molecule has 13 heavy (non-hydrogen) atoms. The number of rotatable bonds is 3. The summed E-state index contributed by atoms with van der Waals surface area (Å²) in [7, 11) is 1.64. The van der Waals surface area contributed by atoms with Crippen molar-refractivity contribution in [1.29, 1.82) is 0 Å². The highest BCUT2D eigenvalue weighted by atomic mass is 32.2. The molecular weight excluding hydrogens is 182 g/mol. The number of nitrogens with one attached hydrogen (secondary N) is 1. The smallest absolute Gasteiger partial charge is 0.230 e. The molecule has 0 spiro atoms. The van der Waals surface area contributed by atoms with Gasteiger partial charge in [-0.2, -0.15) is 0 Å². The van der Waals surface area contributed by atoms with Crippen LogP contribution in [-0.4, -0.2) is 18.7 Å². The summed E-state index contributed by atoms with van der Waals surface area (Å²) < 4.78 is 0. The number of thioether (sulfide) groups is 1. The molecule has 1 N–H and O–H groups in total. The molecule has 0 unspecified atom stereocenters. The molecule has 0 aliphatic heterocycles. The lowest BCUT2D eigenvalue weighted by Gasteiger charge is -2.01. The van der Waals surface area contributed by atoms with Crippen molar-refractivity contribution in [3.05, 3.63) is 36.8 Å². The summed E-state index contributed by atoms with van der Waals surface area (Å²) in [5, 5.41) is 2.57.